The van der Waals surface area contributed by atoms with Gasteiger partial charge in [-0.05, 0) is 76.9 Å². The molecule has 0 atom stereocenters. The molecule has 11 aromatic rings. The molecule has 5 heteroatoms. The number of hydrogen-bond donors (Lipinski definition) is 0. The highest BCUT2D eigenvalue weighted by molar-refractivity contribution is 6.11. The maximum Gasteiger partial charge on any atom is 0.167 e. The zero-order chi connectivity index (χ0) is 37.0. The zero-order valence-corrected chi connectivity index (χ0v) is 30.2. The van der Waals surface area contributed by atoms with E-state index in [1.54, 1.807) is 0 Å². The molecule has 3 heterocycles. The SMILES string of the molecule is c1ccc(-c2nc(-c3ccccc3)nc(-c3cccc4c3oc3ccc(-c5cccc(-c6ccc7c(c6)c6ccccc6n7-c6ccccc6)c5)cc34)n2)cc1. The second-order valence-electron chi connectivity index (χ2n) is 14.0. The first kappa shape index (κ1) is 31.9. The molecule has 262 valence electrons. The van der Waals surface area contributed by atoms with Gasteiger partial charge in [0.1, 0.15) is 11.2 Å². The molecule has 0 N–H and O–H groups in total. The summed E-state index contributed by atoms with van der Waals surface area (Å²) in [6.45, 7) is 0. The smallest absolute Gasteiger partial charge is 0.167 e. The summed E-state index contributed by atoms with van der Waals surface area (Å²) in [6, 6.07) is 67.6. The molecule has 5 nitrogen and oxygen atoms in total. The second-order valence-corrected chi connectivity index (χ2v) is 14.0. The summed E-state index contributed by atoms with van der Waals surface area (Å²) >= 11 is 0. The number of benzene rings is 8. The minimum atomic E-state index is 0.569. The fraction of sp³-hybridized carbons (Fsp3) is 0. The molecule has 0 aliphatic heterocycles. The number of para-hydroxylation sites is 3. The second kappa shape index (κ2) is 13.0. The van der Waals surface area contributed by atoms with Crippen LogP contribution in [0.2, 0.25) is 0 Å². The average Bonchev–Trinajstić information content (AvgIpc) is 3.82. The summed E-state index contributed by atoms with van der Waals surface area (Å²) < 4.78 is 8.97. The quantitative estimate of drug-likeness (QED) is 0.172. The molecule has 0 amide bonds. The Kier molecular flexibility index (Phi) is 7.42. The lowest BCUT2D eigenvalue weighted by atomic mass is 9.97. The van der Waals surface area contributed by atoms with E-state index in [1.807, 2.05) is 66.7 Å². The van der Waals surface area contributed by atoms with E-state index in [0.29, 0.717) is 17.5 Å². The Morgan fingerprint density at radius 2 is 0.857 bits per heavy atom. The van der Waals surface area contributed by atoms with Gasteiger partial charge in [0.05, 0.1) is 16.6 Å². The van der Waals surface area contributed by atoms with Crippen LogP contribution in [0.15, 0.2) is 199 Å². The van der Waals surface area contributed by atoms with Crippen LogP contribution >= 0.6 is 0 Å². The van der Waals surface area contributed by atoms with Crippen molar-refractivity contribution in [3.8, 4) is 62.1 Å². The molecule has 0 radical (unpaired) electrons. The van der Waals surface area contributed by atoms with Crippen molar-refractivity contribution in [2.45, 2.75) is 0 Å². The molecule has 0 aliphatic carbocycles. The summed E-state index contributed by atoms with van der Waals surface area (Å²) in [6.07, 6.45) is 0. The molecule has 0 saturated carbocycles. The van der Waals surface area contributed by atoms with Gasteiger partial charge >= 0.3 is 0 Å². The average molecular weight is 717 g/mol. The fourth-order valence-corrected chi connectivity index (χ4v) is 7.97. The highest BCUT2D eigenvalue weighted by atomic mass is 16.3. The van der Waals surface area contributed by atoms with E-state index in [9.17, 15) is 0 Å². The Morgan fingerprint density at radius 3 is 1.57 bits per heavy atom. The largest absolute Gasteiger partial charge is 0.455 e. The van der Waals surface area contributed by atoms with Crippen LogP contribution in [0.4, 0.5) is 0 Å². The van der Waals surface area contributed by atoms with Gasteiger partial charge in [-0.1, -0.05) is 140 Å². The highest BCUT2D eigenvalue weighted by Crippen LogP contribution is 2.39. The Hall–Kier alpha value is -7.63. The number of furan rings is 1. The van der Waals surface area contributed by atoms with Gasteiger partial charge in [-0.2, -0.15) is 0 Å². The third-order valence-electron chi connectivity index (χ3n) is 10.7. The molecule has 0 bridgehead atoms. The first-order valence-corrected chi connectivity index (χ1v) is 18.8. The minimum Gasteiger partial charge on any atom is -0.455 e. The van der Waals surface area contributed by atoms with Crippen molar-refractivity contribution < 1.29 is 4.42 Å². The minimum absolute atomic E-state index is 0.569. The third kappa shape index (κ3) is 5.37. The lowest BCUT2D eigenvalue weighted by Crippen LogP contribution is -2.00. The van der Waals surface area contributed by atoms with E-state index in [0.717, 1.165) is 55.4 Å². The van der Waals surface area contributed by atoms with Gasteiger partial charge in [-0.15, -0.1) is 0 Å². The van der Waals surface area contributed by atoms with Crippen LogP contribution in [-0.4, -0.2) is 19.5 Å². The molecule has 0 aliphatic rings. The lowest BCUT2D eigenvalue weighted by Gasteiger charge is -2.09. The molecule has 0 fully saturated rings. The standard InChI is InChI=1S/C51H32N4O/c1-4-14-33(15-5-1)49-52-50(34-16-6-2-7-17-34)54-51(53-49)42-24-13-23-41-44-32-38(27-29-47(44)56-48(41)42)36-19-12-18-35(30-36)37-26-28-46-43(31-37)40-22-10-11-25-45(40)55(46)39-20-8-3-9-21-39/h1-32H. The van der Waals surface area contributed by atoms with Gasteiger partial charge in [0.15, 0.2) is 17.5 Å². The van der Waals surface area contributed by atoms with Gasteiger partial charge in [-0.3, -0.25) is 0 Å². The van der Waals surface area contributed by atoms with E-state index >= 15 is 0 Å². The molecule has 3 aromatic heterocycles. The molecular weight excluding hydrogens is 685 g/mol. The number of rotatable bonds is 6. The fourth-order valence-electron chi connectivity index (χ4n) is 7.97. The Labute approximate surface area is 322 Å². The van der Waals surface area contributed by atoms with Gasteiger partial charge in [0.25, 0.3) is 0 Å². The molecule has 56 heavy (non-hydrogen) atoms. The molecule has 0 unspecified atom stereocenters. The van der Waals surface area contributed by atoms with Crippen LogP contribution in [-0.2, 0) is 0 Å². The van der Waals surface area contributed by atoms with Crippen molar-refractivity contribution in [2.75, 3.05) is 0 Å². The summed E-state index contributed by atoms with van der Waals surface area (Å²) in [5.41, 5.74) is 12.4. The lowest BCUT2D eigenvalue weighted by molar-refractivity contribution is 0.669. The maximum atomic E-state index is 6.62. The predicted octanol–water partition coefficient (Wildman–Crippen LogP) is 13.2. The van der Waals surface area contributed by atoms with E-state index in [-0.39, 0.29) is 0 Å². The zero-order valence-electron chi connectivity index (χ0n) is 30.2. The van der Waals surface area contributed by atoms with Crippen LogP contribution in [0.1, 0.15) is 0 Å². The van der Waals surface area contributed by atoms with E-state index in [2.05, 4.69) is 132 Å². The maximum absolute atomic E-state index is 6.62. The van der Waals surface area contributed by atoms with Crippen LogP contribution in [0.25, 0.3) is 106 Å². The molecule has 11 rings (SSSR count). The number of nitrogens with zero attached hydrogens (tertiary/aromatic N) is 4. The Morgan fingerprint density at radius 1 is 0.339 bits per heavy atom. The first-order chi connectivity index (χ1) is 27.7. The summed E-state index contributed by atoms with van der Waals surface area (Å²) in [5, 5.41) is 4.53. The molecule has 8 aromatic carbocycles. The van der Waals surface area contributed by atoms with Crippen molar-refractivity contribution in [3.05, 3.63) is 194 Å². The van der Waals surface area contributed by atoms with Crippen LogP contribution in [0, 0.1) is 0 Å². The van der Waals surface area contributed by atoms with Crippen molar-refractivity contribution in [2.24, 2.45) is 0 Å². The normalized spacial score (nSPS) is 11.6. The molecular formula is C51H32N4O. The van der Waals surface area contributed by atoms with Gasteiger partial charge < -0.3 is 8.98 Å². The highest BCUT2D eigenvalue weighted by Gasteiger charge is 2.19. The summed E-state index contributed by atoms with van der Waals surface area (Å²) in [4.78, 5) is 14.9. The van der Waals surface area contributed by atoms with Gasteiger partial charge in [-0.25, -0.2) is 15.0 Å². The van der Waals surface area contributed by atoms with Crippen molar-refractivity contribution in [1.82, 2.24) is 19.5 Å². The summed E-state index contributed by atoms with van der Waals surface area (Å²) in [5.74, 6) is 1.80. The van der Waals surface area contributed by atoms with Gasteiger partial charge in [0, 0.05) is 38.4 Å². The van der Waals surface area contributed by atoms with Crippen molar-refractivity contribution in [1.29, 1.82) is 0 Å². The number of aromatic nitrogens is 4. The van der Waals surface area contributed by atoms with E-state index < -0.39 is 0 Å². The van der Waals surface area contributed by atoms with Crippen LogP contribution < -0.4 is 0 Å². The van der Waals surface area contributed by atoms with Crippen molar-refractivity contribution in [3.63, 3.8) is 0 Å². The van der Waals surface area contributed by atoms with Crippen LogP contribution in [0.3, 0.4) is 0 Å². The number of hydrogen-bond acceptors (Lipinski definition) is 4. The molecule has 0 saturated heterocycles. The Bertz CT molecular complexity index is 3180. The van der Waals surface area contributed by atoms with Crippen molar-refractivity contribution >= 4 is 43.7 Å². The number of fused-ring (bicyclic) bond motifs is 6. The first-order valence-electron chi connectivity index (χ1n) is 18.8. The molecule has 0 spiro atoms. The van der Waals surface area contributed by atoms with E-state index in [4.69, 9.17) is 19.4 Å². The topological polar surface area (TPSA) is 56.7 Å². The van der Waals surface area contributed by atoms with Crippen LogP contribution in [0.5, 0.6) is 0 Å². The van der Waals surface area contributed by atoms with Gasteiger partial charge in [0.2, 0.25) is 0 Å². The Balaban J connectivity index is 1.00. The monoisotopic (exact) mass is 716 g/mol. The summed E-state index contributed by atoms with van der Waals surface area (Å²) in [7, 11) is 0. The third-order valence-corrected chi connectivity index (χ3v) is 10.7. The van der Waals surface area contributed by atoms with E-state index in [1.165, 1.54) is 32.9 Å². The predicted molar refractivity (Wildman–Crippen MR) is 229 cm³/mol.